The van der Waals surface area contributed by atoms with Gasteiger partial charge in [0.1, 0.15) is 12.7 Å². The summed E-state index contributed by atoms with van der Waals surface area (Å²) in [4.78, 5) is 12.3. The number of Topliss-reactive ketones (excluding diaryl/α,β-unsaturated/α-hetero) is 1. The van der Waals surface area contributed by atoms with Gasteiger partial charge in [0.05, 0.1) is 6.20 Å². The van der Waals surface area contributed by atoms with Crippen LogP contribution in [-0.2, 0) is 50.5 Å². The van der Waals surface area contributed by atoms with Crippen molar-refractivity contribution in [2.24, 2.45) is 0 Å². The summed E-state index contributed by atoms with van der Waals surface area (Å²) in [5, 5.41) is 0. The number of nitrogens with zero attached hydrogens (tertiary/aromatic N) is 2. The molecule has 0 aliphatic rings. The van der Waals surface area contributed by atoms with Crippen molar-refractivity contribution >= 4 is 11.3 Å². The number of benzene rings is 1. The maximum atomic E-state index is 12.3. The van der Waals surface area contributed by atoms with Gasteiger partial charge in [0.25, 0.3) is 0 Å². The van der Waals surface area contributed by atoms with E-state index >= 15 is 0 Å². The van der Waals surface area contributed by atoms with E-state index in [-0.39, 0.29) is 38.5 Å². The van der Waals surface area contributed by atoms with Gasteiger partial charge in [-0.05, 0) is 42.7 Å². The Morgan fingerprint density at radius 2 is 1.82 bits per heavy atom. The third kappa shape index (κ3) is 3.71. The van der Waals surface area contributed by atoms with Gasteiger partial charge in [-0.1, -0.05) is 24.3 Å². The van der Waals surface area contributed by atoms with Crippen LogP contribution >= 0.6 is 0 Å². The summed E-state index contributed by atoms with van der Waals surface area (Å²) < 4.78 is 3.97. The van der Waals surface area contributed by atoms with Crippen LogP contribution in [-0.4, -0.2) is 10.2 Å². The van der Waals surface area contributed by atoms with Gasteiger partial charge in [-0.25, -0.2) is 8.97 Å². The van der Waals surface area contributed by atoms with Crippen molar-refractivity contribution in [2.75, 3.05) is 0 Å². The second-order valence-electron chi connectivity index (χ2n) is 5.54. The summed E-state index contributed by atoms with van der Waals surface area (Å²) in [6, 6.07) is 12.2. The first-order valence-electron chi connectivity index (χ1n) is 7.16. The number of carbonyl (C=O) groups excluding carboxylic acids is 1. The molecule has 0 saturated heterocycles. The van der Waals surface area contributed by atoms with Gasteiger partial charge in [0.2, 0.25) is 6.33 Å². The molecule has 0 amide bonds. The van der Waals surface area contributed by atoms with Crippen LogP contribution in [0, 0.1) is 13.8 Å². The normalized spacial score (nSPS) is 10.5. The molecule has 0 atom stereocenters. The van der Waals surface area contributed by atoms with Gasteiger partial charge in [-0.15, -0.1) is 0 Å². The first-order chi connectivity index (χ1) is 10.1. The number of ketones is 1. The number of rotatable bonds is 4. The fourth-order valence-electron chi connectivity index (χ4n) is 2.72. The second kappa shape index (κ2) is 7.30. The Morgan fingerprint density at radius 3 is 2.50 bits per heavy atom. The molecule has 2 aromatic heterocycles. The molecule has 0 spiro atoms. The minimum absolute atomic E-state index is 0. The number of aromatic nitrogens is 2. The number of hydrogen-bond donors (Lipinski definition) is 0. The van der Waals surface area contributed by atoms with E-state index in [1.54, 1.807) is 0 Å². The number of fused-ring (bicyclic) bond motifs is 1. The topological polar surface area (TPSA) is 25.4 Å². The van der Waals surface area contributed by atoms with Crippen LogP contribution < -0.4 is 4.57 Å². The molecule has 0 aliphatic carbocycles. The summed E-state index contributed by atoms with van der Waals surface area (Å²) in [5.74, 6) is 0.230. The van der Waals surface area contributed by atoms with E-state index in [2.05, 4.69) is 26.0 Å². The number of carbonyl (C=O) groups is 1. The van der Waals surface area contributed by atoms with Crippen LogP contribution in [0.4, 0.5) is 0 Å². The smallest absolute Gasteiger partial charge is 0.249 e. The summed E-state index contributed by atoms with van der Waals surface area (Å²) in [6.07, 6.45) is 6.44. The van der Waals surface area contributed by atoms with E-state index in [0.29, 0.717) is 13.0 Å². The number of hydrogen-bond acceptors (Lipinski definition) is 1. The molecular formula is C18H19N2OY+. The van der Waals surface area contributed by atoms with Crippen LogP contribution in [0.2, 0.25) is 0 Å². The molecule has 0 saturated carbocycles. The first kappa shape index (κ1) is 17.0. The fourth-order valence-corrected chi connectivity index (χ4v) is 2.72. The van der Waals surface area contributed by atoms with Gasteiger partial charge < -0.3 is 0 Å². The quantitative estimate of drug-likeness (QED) is 0.650. The van der Waals surface area contributed by atoms with Crippen LogP contribution in [0.15, 0.2) is 55.1 Å². The minimum atomic E-state index is 0. The summed E-state index contributed by atoms with van der Waals surface area (Å²) in [6.45, 7) is 4.54. The second-order valence-corrected chi connectivity index (χ2v) is 5.54. The van der Waals surface area contributed by atoms with Gasteiger partial charge in [-0.3, -0.25) is 4.79 Å². The largest absolute Gasteiger partial charge is 0.295 e. The van der Waals surface area contributed by atoms with Gasteiger partial charge in [0.15, 0.2) is 11.3 Å². The molecular weight excluding hydrogens is 349 g/mol. The Labute approximate surface area is 155 Å². The summed E-state index contributed by atoms with van der Waals surface area (Å²) in [5.41, 5.74) is 4.63. The van der Waals surface area contributed by atoms with E-state index in [4.69, 9.17) is 0 Å². The average molecular weight is 368 g/mol. The molecule has 0 aliphatic heterocycles. The molecule has 2 heterocycles. The predicted molar refractivity (Wildman–Crippen MR) is 82.2 cm³/mol. The molecule has 0 fully saturated rings. The molecule has 0 unspecified atom stereocenters. The van der Waals surface area contributed by atoms with E-state index in [0.717, 1.165) is 11.1 Å². The monoisotopic (exact) mass is 368 g/mol. The summed E-state index contributed by atoms with van der Waals surface area (Å²) in [7, 11) is 0. The first-order valence-corrected chi connectivity index (χ1v) is 7.16. The van der Waals surface area contributed by atoms with Gasteiger partial charge in [-0.2, -0.15) is 0 Å². The van der Waals surface area contributed by atoms with Crippen LogP contribution in [0.3, 0.4) is 0 Å². The minimum Gasteiger partial charge on any atom is -0.295 e. The average Bonchev–Trinajstić information content (AvgIpc) is 2.85. The Morgan fingerprint density at radius 1 is 1.09 bits per heavy atom. The van der Waals surface area contributed by atoms with E-state index < -0.39 is 0 Å². The molecule has 3 aromatic rings. The molecule has 3 rings (SSSR count). The van der Waals surface area contributed by atoms with Crippen molar-refractivity contribution in [1.29, 1.82) is 0 Å². The van der Waals surface area contributed by atoms with E-state index in [1.165, 1.54) is 11.1 Å². The predicted octanol–water partition coefficient (Wildman–Crippen LogP) is 2.65. The maximum Gasteiger partial charge on any atom is 0.249 e. The standard InChI is InChI=1S/C18H19N2O.Y/c1-14-6-5-7-15(2)18(14)10-17(21)12-19-11-16-8-3-4-9-20(16)13-19;/h3-9,11,13H,10,12H2,1-2H3;/q+1;. The zero-order chi connectivity index (χ0) is 14.8. The van der Waals surface area contributed by atoms with Crippen LogP contribution in [0.1, 0.15) is 16.7 Å². The van der Waals surface area contributed by atoms with Crippen molar-refractivity contribution in [3.63, 3.8) is 0 Å². The molecule has 1 aromatic carbocycles. The third-order valence-electron chi connectivity index (χ3n) is 3.87. The maximum absolute atomic E-state index is 12.3. The number of aryl methyl sites for hydroxylation is 2. The Kier molecular flexibility index (Phi) is 5.65. The molecule has 4 heteroatoms. The molecule has 3 nitrogen and oxygen atoms in total. The third-order valence-corrected chi connectivity index (χ3v) is 3.87. The molecule has 1 radical (unpaired) electrons. The van der Waals surface area contributed by atoms with Crippen molar-refractivity contribution < 1.29 is 42.1 Å². The fraction of sp³-hybridized carbons (Fsp3) is 0.222. The summed E-state index contributed by atoms with van der Waals surface area (Å²) >= 11 is 0. The van der Waals surface area contributed by atoms with Crippen molar-refractivity contribution in [1.82, 2.24) is 4.40 Å². The van der Waals surface area contributed by atoms with E-state index in [9.17, 15) is 4.79 Å². The van der Waals surface area contributed by atoms with Gasteiger partial charge >= 0.3 is 0 Å². The zero-order valence-corrected chi connectivity index (χ0v) is 15.8. The number of imidazole rings is 1. The zero-order valence-electron chi connectivity index (χ0n) is 13.0. The molecule has 22 heavy (non-hydrogen) atoms. The van der Waals surface area contributed by atoms with Crippen LogP contribution in [0.5, 0.6) is 0 Å². The Balaban J connectivity index is 0.00000176. The molecule has 0 N–H and O–H groups in total. The Hall–Kier alpha value is -1.32. The van der Waals surface area contributed by atoms with Crippen LogP contribution in [0.25, 0.3) is 5.52 Å². The van der Waals surface area contributed by atoms with Gasteiger partial charge in [0, 0.05) is 39.1 Å². The Bertz CT molecular complexity index is 754. The number of pyridine rings is 1. The molecule has 0 bridgehead atoms. The SMILES string of the molecule is Cc1cccc(C)c1CC(=O)C[n+]1cc2ccccn2c1.[Y]. The molecule has 109 valence electrons. The van der Waals surface area contributed by atoms with Crippen molar-refractivity contribution in [3.8, 4) is 0 Å². The van der Waals surface area contributed by atoms with E-state index in [1.807, 2.05) is 52.0 Å². The van der Waals surface area contributed by atoms with Crippen molar-refractivity contribution in [3.05, 3.63) is 71.8 Å². The van der Waals surface area contributed by atoms with Crippen molar-refractivity contribution in [2.45, 2.75) is 26.8 Å².